The van der Waals surface area contributed by atoms with Crippen LogP contribution in [0.5, 0.6) is 0 Å². The molecule has 0 fully saturated rings. The zero-order valence-corrected chi connectivity index (χ0v) is 13.9. The van der Waals surface area contributed by atoms with E-state index < -0.39 is 30.1 Å². The number of carbonyl (C=O) groups excluding carboxylic acids is 1. The summed E-state index contributed by atoms with van der Waals surface area (Å²) in [7, 11) is 0. The van der Waals surface area contributed by atoms with Crippen LogP contribution in [0.15, 0.2) is 41.4 Å². The first-order chi connectivity index (χ1) is 11.8. The SMILES string of the molecule is O=C(O)Cn1c(=NC(=O)c2cccc(Cl)c2)sc2cc(F)cc(F)c21. The number of carboxylic acid groups (broad SMARTS) is 1. The van der Waals surface area contributed by atoms with Gasteiger partial charge in [-0.25, -0.2) is 8.78 Å². The molecule has 0 unspecified atom stereocenters. The Morgan fingerprint density at radius 2 is 2.00 bits per heavy atom. The Hall–Kier alpha value is -2.58. The van der Waals surface area contributed by atoms with E-state index in [0.29, 0.717) is 11.1 Å². The summed E-state index contributed by atoms with van der Waals surface area (Å²) in [5.74, 6) is -3.65. The zero-order valence-electron chi connectivity index (χ0n) is 12.4. The third-order valence-corrected chi connectivity index (χ3v) is 4.52. The topological polar surface area (TPSA) is 71.7 Å². The lowest BCUT2D eigenvalue weighted by Crippen LogP contribution is -2.21. The zero-order chi connectivity index (χ0) is 18.1. The molecule has 0 radical (unpaired) electrons. The number of carbonyl (C=O) groups is 2. The van der Waals surface area contributed by atoms with Crippen LogP contribution in [0.2, 0.25) is 5.02 Å². The standard InChI is InChI=1S/C16H9ClF2N2O3S/c17-9-3-1-2-8(4-9)15(24)20-16-21(7-13(22)23)14-11(19)5-10(18)6-12(14)25-16/h1-6H,7H2,(H,22,23). The van der Waals surface area contributed by atoms with Crippen molar-refractivity contribution < 1.29 is 23.5 Å². The first-order valence-electron chi connectivity index (χ1n) is 6.90. The Morgan fingerprint density at radius 1 is 1.24 bits per heavy atom. The molecule has 0 saturated carbocycles. The van der Waals surface area contributed by atoms with Gasteiger partial charge in [0.15, 0.2) is 10.6 Å². The molecule has 0 aliphatic heterocycles. The second-order valence-corrected chi connectivity index (χ2v) is 6.47. The minimum Gasteiger partial charge on any atom is -0.480 e. The third-order valence-electron chi connectivity index (χ3n) is 3.26. The summed E-state index contributed by atoms with van der Waals surface area (Å²) in [5, 5.41) is 9.38. The van der Waals surface area contributed by atoms with Crippen molar-refractivity contribution in [2.75, 3.05) is 0 Å². The number of aliphatic carboxylic acids is 1. The summed E-state index contributed by atoms with van der Waals surface area (Å²) in [6.07, 6.45) is 0. The summed E-state index contributed by atoms with van der Waals surface area (Å²) in [6.45, 7) is -0.621. The fourth-order valence-electron chi connectivity index (χ4n) is 2.27. The van der Waals surface area contributed by atoms with Gasteiger partial charge in [0.1, 0.15) is 12.4 Å². The largest absolute Gasteiger partial charge is 0.480 e. The molecule has 2 aromatic carbocycles. The average Bonchev–Trinajstić information content (AvgIpc) is 2.84. The van der Waals surface area contributed by atoms with Crippen LogP contribution in [0, 0.1) is 11.6 Å². The van der Waals surface area contributed by atoms with Gasteiger partial charge in [-0.3, -0.25) is 9.59 Å². The Balaban J connectivity index is 2.22. The number of amides is 1. The van der Waals surface area contributed by atoms with Gasteiger partial charge >= 0.3 is 5.97 Å². The van der Waals surface area contributed by atoms with Gasteiger partial charge in [0.2, 0.25) is 0 Å². The van der Waals surface area contributed by atoms with Gasteiger partial charge in [-0.15, -0.1) is 0 Å². The average molecular weight is 383 g/mol. The minimum atomic E-state index is -1.25. The molecule has 1 N–H and O–H groups in total. The molecule has 0 aliphatic carbocycles. The van der Waals surface area contributed by atoms with E-state index in [4.69, 9.17) is 16.7 Å². The third kappa shape index (κ3) is 3.59. The van der Waals surface area contributed by atoms with E-state index >= 15 is 0 Å². The lowest BCUT2D eigenvalue weighted by molar-refractivity contribution is -0.137. The van der Waals surface area contributed by atoms with Gasteiger partial charge in [-0.05, 0) is 24.3 Å². The number of aromatic nitrogens is 1. The Labute approximate surface area is 148 Å². The lowest BCUT2D eigenvalue weighted by atomic mass is 10.2. The fourth-order valence-corrected chi connectivity index (χ4v) is 3.53. The molecule has 1 aromatic heterocycles. The number of carboxylic acids is 1. The normalized spacial score (nSPS) is 11.9. The molecule has 3 rings (SSSR count). The van der Waals surface area contributed by atoms with Gasteiger partial charge in [-0.2, -0.15) is 4.99 Å². The van der Waals surface area contributed by atoms with Gasteiger partial charge in [0.05, 0.1) is 10.2 Å². The number of rotatable bonds is 3. The summed E-state index contributed by atoms with van der Waals surface area (Å²) >= 11 is 6.65. The van der Waals surface area contributed by atoms with Crippen LogP contribution < -0.4 is 4.80 Å². The highest BCUT2D eigenvalue weighted by Crippen LogP contribution is 2.22. The number of thiazole rings is 1. The molecular formula is C16H9ClF2N2O3S. The number of hydrogen-bond donors (Lipinski definition) is 1. The van der Waals surface area contributed by atoms with Gasteiger partial charge in [0, 0.05) is 16.7 Å². The fraction of sp³-hybridized carbons (Fsp3) is 0.0625. The molecule has 128 valence electrons. The van der Waals surface area contributed by atoms with Crippen molar-refractivity contribution in [3.63, 3.8) is 0 Å². The molecule has 0 spiro atoms. The van der Waals surface area contributed by atoms with Crippen LogP contribution >= 0.6 is 22.9 Å². The van der Waals surface area contributed by atoms with E-state index in [9.17, 15) is 18.4 Å². The maximum atomic E-state index is 14.1. The number of hydrogen-bond acceptors (Lipinski definition) is 3. The highest BCUT2D eigenvalue weighted by molar-refractivity contribution is 7.16. The smallest absolute Gasteiger partial charge is 0.323 e. The molecule has 0 saturated heterocycles. The summed E-state index contributed by atoms with van der Waals surface area (Å²) in [6, 6.07) is 7.76. The molecule has 25 heavy (non-hydrogen) atoms. The van der Waals surface area contributed by atoms with E-state index in [-0.39, 0.29) is 20.6 Å². The van der Waals surface area contributed by atoms with Crippen LogP contribution in [0.1, 0.15) is 10.4 Å². The Kier molecular flexibility index (Phi) is 4.65. The summed E-state index contributed by atoms with van der Waals surface area (Å²) < 4.78 is 28.7. The Morgan fingerprint density at radius 3 is 2.68 bits per heavy atom. The summed E-state index contributed by atoms with van der Waals surface area (Å²) in [5.41, 5.74) is 0.0740. The molecule has 1 amide bonds. The van der Waals surface area contributed by atoms with Gasteiger partial charge < -0.3 is 9.67 Å². The quantitative estimate of drug-likeness (QED) is 0.754. The number of halogens is 3. The maximum Gasteiger partial charge on any atom is 0.323 e. The van der Waals surface area contributed by atoms with Crippen molar-refractivity contribution in [3.8, 4) is 0 Å². The van der Waals surface area contributed by atoms with Crippen LogP contribution in [0.4, 0.5) is 8.78 Å². The van der Waals surface area contributed by atoms with Gasteiger partial charge in [0.25, 0.3) is 5.91 Å². The van der Waals surface area contributed by atoms with Crippen molar-refractivity contribution in [2.24, 2.45) is 4.99 Å². The monoisotopic (exact) mass is 382 g/mol. The molecular weight excluding hydrogens is 374 g/mol. The molecule has 5 nitrogen and oxygen atoms in total. The molecule has 3 aromatic rings. The number of fused-ring (bicyclic) bond motifs is 1. The predicted molar refractivity (Wildman–Crippen MR) is 88.7 cm³/mol. The number of benzene rings is 2. The highest BCUT2D eigenvalue weighted by atomic mass is 35.5. The summed E-state index contributed by atoms with van der Waals surface area (Å²) in [4.78, 5) is 27.2. The van der Waals surface area contributed by atoms with Crippen LogP contribution in [0.3, 0.4) is 0 Å². The van der Waals surface area contributed by atoms with Crippen molar-refractivity contribution in [1.29, 1.82) is 0 Å². The second kappa shape index (κ2) is 6.73. The number of nitrogens with zero attached hydrogens (tertiary/aromatic N) is 2. The maximum absolute atomic E-state index is 14.1. The van der Waals surface area contributed by atoms with Crippen LogP contribution in [0.25, 0.3) is 10.2 Å². The van der Waals surface area contributed by atoms with Crippen LogP contribution in [-0.4, -0.2) is 21.6 Å². The highest BCUT2D eigenvalue weighted by Gasteiger charge is 2.16. The molecule has 1 heterocycles. The first kappa shape index (κ1) is 17.2. The molecule has 0 aliphatic rings. The predicted octanol–water partition coefficient (Wildman–Crippen LogP) is 3.46. The van der Waals surface area contributed by atoms with Crippen molar-refractivity contribution in [3.05, 3.63) is 63.4 Å². The first-order valence-corrected chi connectivity index (χ1v) is 8.09. The second-order valence-electron chi connectivity index (χ2n) is 5.03. The van der Waals surface area contributed by atoms with E-state index in [0.717, 1.165) is 22.0 Å². The minimum absolute atomic E-state index is 0.0492. The van der Waals surface area contributed by atoms with E-state index in [1.165, 1.54) is 12.1 Å². The van der Waals surface area contributed by atoms with E-state index in [1.807, 2.05) is 0 Å². The van der Waals surface area contributed by atoms with E-state index in [2.05, 4.69) is 4.99 Å². The van der Waals surface area contributed by atoms with Crippen molar-refractivity contribution >= 4 is 45.0 Å². The lowest BCUT2D eigenvalue weighted by Gasteiger charge is -2.02. The Bertz CT molecular complexity index is 1070. The van der Waals surface area contributed by atoms with Crippen molar-refractivity contribution in [2.45, 2.75) is 6.54 Å². The molecule has 0 atom stereocenters. The van der Waals surface area contributed by atoms with Crippen molar-refractivity contribution in [1.82, 2.24) is 4.57 Å². The van der Waals surface area contributed by atoms with Gasteiger partial charge in [-0.1, -0.05) is 29.0 Å². The van der Waals surface area contributed by atoms with Crippen LogP contribution in [-0.2, 0) is 11.3 Å². The molecule has 0 bridgehead atoms. The molecule has 9 heteroatoms. The van der Waals surface area contributed by atoms with E-state index in [1.54, 1.807) is 12.1 Å².